The Bertz CT molecular complexity index is 533. The van der Waals surface area contributed by atoms with Gasteiger partial charge in [0.1, 0.15) is 0 Å². The highest BCUT2D eigenvalue weighted by atomic mass is 16.5. The molecule has 1 unspecified atom stereocenters. The van der Waals surface area contributed by atoms with Gasteiger partial charge < -0.3 is 14.8 Å². The lowest BCUT2D eigenvalue weighted by molar-refractivity contribution is -0.123. The summed E-state index contributed by atoms with van der Waals surface area (Å²) < 4.78 is 4.91. The Labute approximate surface area is 103 Å². The summed E-state index contributed by atoms with van der Waals surface area (Å²) in [6, 6.07) is 1.48. The van der Waals surface area contributed by atoms with Gasteiger partial charge in [0.15, 0.2) is 5.76 Å². The van der Waals surface area contributed by atoms with Crippen LogP contribution in [-0.2, 0) is 24.3 Å². The molecule has 2 aromatic rings. The van der Waals surface area contributed by atoms with E-state index < -0.39 is 0 Å². The average Bonchev–Trinajstić information content (AvgIpc) is 3.05. The van der Waals surface area contributed by atoms with Crippen molar-refractivity contribution in [2.45, 2.75) is 25.6 Å². The van der Waals surface area contributed by atoms with Gasteiger partial charge in [-0.05, 0) is 0 Å². The zero-order valence-electron chi connectivity index (χ0n) is 9.64. The van der Waals surface area contributed by atoms with Crippen molar-refractivity contribution in [3.05, 3.63) is 35.7 Å². The number of nitrogens with zero attached hydrogens (tertiary/aromatic N) is 2. The van der Waals surface area contributed by atoms with Crippen molar-refractivity contribution in [3.63, 3.8) is 0 Å². The monoisotopic (exact) mass is 247 g/mol. The molecule has 3 N–H and O–H groups in total. The minimum absolute atomic E-state index is 0.0555. The molecular formula is C11H13N5O2. The Morgan fingerprint density at radius 2 is 2.56 bits per heavy atom. The zero-order chi connectivity index (χ0) is 12.4. The molecule has 7 nitrogen and oxygen atoms in total. The molecular weight excluding hydrogens is 234 g/mol. The van der Waals surface area contributed by atoms with Gasteiger partial charge >= 0.3 is 0 Å². The predicted octanol–water partition coefficient (Wildman–Crippen LogP) is -0.272. The molecule has 0 spiro atoms. The van der Waals surface area contributed by atoms with Gasteiger partial charge in [-0.3, -0.25) is 10.1 Å². The van der Waals surface area contributed by atoms with Gasteiger partial charge in [-0.25, -0.2) is 4.98 Å². The molecule has 1 aliphatic heterocycles. The standard InChI is InChI=1S/C11H13N5O2/c17-11(13-4-7-1-2-16-18-7)9-3-8-10(5-12-9)15-6-14-8/h1-2,6,9,12H,3-5H2,(H,13,17)(H,14,15). The molecule has 0 saturated carbocycles. The highest BCUT2D eigenvalue weighted by molar-refractivity contribution is 5.82. The molecule has 3 rings (SSSR count). The molecule has 0 bridgehead atoms. The van der Waals surface area contributed by atoms with Crippen LogP contribution in [0.2, 0.25) is 0 Å². The molecule has 2 aromatic heterocycles. The molecule has 0 radical (unpaired) electrons. The van der Waals surface area contributed by atoms with Gasteiger partial charge in [0.2, 0.25) is 5.91 Å². The number of rotatable bonds is 3. The quantitative estimate of drug-likeness (QED) is 0.693. The number of fused-ring (bicyclic) bond motifs is 1. The van der Waals surface area contributed by atoms with Gasteiger partial charge in [0.25, 0.3) is 0 Å². The van der Waals surface area contributed by atoms with Crippen LogP contribution in [0.1, 0.15) is 17.1 Å². The first-order valence-corrected chi connectivity index (χ1v) is 5.74. The number of aromatic amines is 1. The molecule has 0 aliphatic carbocycles. The molecule has 7 heteroatoms. The Morgan fingerprint density at radius 3 is 3.39 bits per heavy atom. The van der Waals surface area contributed by atoms with E-state index in [4.69, 9.17) is 4.52 Å². The SMILES string of the molecule is O=C(NCc1ccno1)C1Cc2nc[nH]c2CN1. The minimum atomic E-state index is -0.247. The van der Waals surface area contributed by atoms with Crippen molar-refractivity contribution in [1.82, 2.24) is 25.8 Å². The first kappa shape index (κ1) is 11.0. The summed E-state index contributed by atoms with van der Waals surface area (Å²) in [5, 5.41) is 9.55. The van der Waals surface area contributed by atoms with Crippen molar-refractivity contribution in [3.8, 4) is 0 Å². The number of aromatic nitrogens is 3. The van der Waals surface area contributed by atoms with E-state index in [-0.39, 0.29) is 11.9 Å². The van der Waals surface area contributed by atoms with E-state index in [2.05, 4.69) is 25.8 Å². The fourth-order valence-corrected chi connectivity index (χ4v) is 1.99. The third kappa shape index (κ3) is 2.12. The van der Waals surface area contributed by atoms with Crippen LogP contribution in [0.4, 0.5) is 0 Å². The third-order valence-electron chi connectivity index (χ3n) is 2.97. The first-order chi connectivity index (χ1) is 8.83. The maximum atomic E-state index is 12.0. The normalized spacial score (nSPS) is 18.3. The molecule has 94 valence electrons. The van der Waals surface area contributed by atoms with E-state index >= 15 is 0 Å². The van der Waals surface area contributed by atoms with Crippen LogP contribution >= 0.6 is 0 Å². The number of nitrogens with one attached hydrogen (secondary N) is 3. The summed E-state index contributed by atoms with van der Waals surface area (Å²) in [6.07, 6.45) is 3.80. The van der Waals surface area contributed by atoms with Gasteiger partial charge in [-0.2, -0.15) is 0 Å². The number of hydrogen-bond acceptors (Lipinski definition) is 5. The fraction of sp³-hybridized carbons (Fsp3) is 0.364. The predicted molar refractivity (Wildman–Crippen MR) is 61.3 cm³/mol. The highest BCUT2D eigenvalue weighted by Gasteiger charge is 2.25. The van der Waals surface area contributed by atoms with E-state index in [1.165, 1.54) is 0 Å². The van der Waals surface area contributed by atoms with Crippen LogP contribution in [0, 0.1) is 0 Å². The number of amides is 1. The number of hydrogen-bond donors (Lipinski definition) is 3. The lowest BCUT2D eigenvalue weighted by Gasteiger charge is -2.21. The second-order valence-corrected chi connectivity index (χ2v) is 4.16. The summed E-state index contributed by atoms with van der Waals surface area (Å²) in [7, 11) is 0. The third-order valence-corrected chi connectivity index (χ3v) is 2.97. The van der Waals surface area contributed by atoms with Gasteiger partial charge in [0, 0.05) is 19.0 Å². The summed E-state index contributed by atoms with van der Waals surface area (Å²) in [6.45, 7) is 0.986. The Morgan fingerprint density at radius 1 is 1.61 bits per heavy atom. The van der Waals surface area contributed by atoms with E-state index in [1.54, 1.807) is 18.6 Å². The van der Waals surface area contributed by atoms with E-state index in [1.807, 2.05) is 0 Å². The van der Waals surface area contributed by atoms with Crippen molar-refractivity contribution >= 4 is 5.91 Å². The van der Waals surface area contributed by atoms with Crippen LogP contribution in [0.5, 0.6) is 0 Å². The largest absolute Gasteiger partial charge is 0.360 e. The number of H-pyrrole nitrogens is 1. The molecule has 1 aliphatic rings. The summed E-state index contributed by atoms with van der Waals surface area (Å²) in [5.41, 5.74) is 2.00. The second kappa shape index (κ2) is 4.61. The summed E-state index contributed by atoms with van der Waals surface area (Å²) in [5.74, 6) is 0.583. The van der Waals surface area contributed by atoms with Crippen LogP contribution in [0.3, 0.4) is 0 Å². The zero-order valence-corrected chi connectivity index (χ0v) is 9.64. The Hall–Kier alpha value is -2.15. The summed E-state index contributed by atoms with van der Waals surface area (Å²) in [4.78, 5) is 19.2. The molecule has 0 saturated heterocycles. The Kier molecular flexibility index (Phi) is 2.81. The van der Waals surface area contributed by atoms with Gasteiger partial charge in [-0.1, -0.05) is 5.16 Å². The maximum absolute atomic E-state index is 12.0. The van der Waals surface area contributed by atoms with Gasteiger partial charge in [0.05, 0.1) is 36.5 Å². The molecule has 0 aromatic carbocycles. The minimum Gasteiger partial charge on any atom is -0.360 e. The lowest BCUT2D eigenvalue weighted by Crippen LogP contribution is -2.47. The molecule has 0 fully saturated rings. The van der Waals surface area contributed by atoms with Crippen molar-refractivity contribution in [2.24, 2.45) is 0 Å². The number of carbonyl (C=O) groups excluding carboxylic acids is 1. The maximum Gasteiger partial charge on any atom is 0.237 e. The first-order valence-electron chi connectivity index (χ1n) is 5.74. The topological polar surface area (TPSA) is 95.8 Å². The van der Waals surface area contributed by atoms with Crippen LogP contribution < -0.4 is 10.6 Å². The summed E-state index contributed by atoms with van der Waals surface area (Å²) >= 11 is 0. The van der Waals surface area contributed by atoms with Crippen LogP contribution in [0.15, 0.2) is 23.1 Å². The van der Waals surface area contributed by atoms with Crippen molar-refractivity contribution in [1.29, 1.82) is 0 Å². The smallest absolute Gasteiger partial charge is 0.237 e. The molecule has 1 amide bonds. The lowest BCUT2D eigenvalue weighted by atomic mass is 10.0. The van der Waals surface area contributed by atoms with Gasteiger partial charge in [-0.15, -0.1) is 0 Å². The van der Waals surface area contributed by atoms with Crippen molar-refractivity contribution < 1.29 is 9.32 Å². The van der Waals surface area contributed by atoms with E-state index in [0.717, 1.165) is 11.4 Å². The molecule has 18 heavy (non-hydrogen) atoms. The van der Waals surface area contributed by atoms with Crippen LogP contribution in [0.25, 0.3) is 0 Å². The second-order valence-electron chi connectivity index (χ2n) is 4.16. The fourth-order valence-electron chi connectivity index (χ4n) is 1.99. The van der Waals surface area contributed by atoms with Crippen molar-refractivity contribution in [2.75, 3.05) is 0 Å². The average molecular weight is 247 g/mol. The molecule has 3 heterocycles. The Balaban J connectivity index is 1.57. The number of carbonyl (C=O) groups is 1. The molecule has 1 atom stereocenters. The van der Waals surface area contributed by atoms with E-state index in [0.29, 0.717) is 25.3 Å². The van der Waals surface area contributed by atoms with Crippen LogP contribution in [-0.4, -0.2) is 27.1 Å². The number of imidazole rings is 1. The highest BCUT2D eigenvalue weighted by Crippen LogP contribution is 2.12. The van der Waals surface area contributed by atoms with E-state index in [9.17, 15) is 4.79 Å².